The minimum absolute atomic E-state index is 0.209. The van der Waals surface area contributed by atoms with E-state index in [4.69, 9.17) is 9.16 Å². The Balaban J connectivity index is 2.29. The zero-order valence-electron chi connectivity index (χ0n) is 13.5. The monoisotopic (exact) mass is 372 g/mol. The van der Waals surface area contributed by atoms with E-state index >= 15 is 0 Å². The Bertz CT molecular complexity index is 463. The number of benzene rings is 1. The molecule has 0 amide bonds. The summed E-state index contributed by atoms with van der Waals surface area (Å²) >= 11 is 3.34. The first-order chi connectivity index (χ1) is 9.63. The number of halogens is 1. The molecule has 118 valence electrons. The molecular weight excluding hydrogens is 348 g/mol. The molecule has 1 aromatic rings. The standard InChI is InChI=1S/C16H25BrO3Si/c1-16(2,3)21(4,5)20-12-6-11-19-15(18)13-7-9-14(17)10-8-13/h7-10H,6,11-12H2,1-5H3. The van der Waals surface area contributed by atoms with E-state index in [1.165, 1.54) is 0 Å². The molecule has 0 bridgehead atoms. The molecule has 3 nitrogen and oxygen atoms in total. The van der Waals surface area contributed by atoms with Crippen molar-refractivity contribution in [2.75, 3.05) is 13.2 Å². The SMILES string of the molecule is CC(C)(C)[Si](C)(C)OCCCOC(=O)c1ccc(Br)cc1. The first-order valence-electron chi connectivity index (χ1n) is 7.20. The lowest BCUT2D eigenvalue weighted by Gasteiger charge is -2.36. The van der Waals surface area contributed by atoms with Crippen LogP contribution in [0.25, 0.3) is 0 Å². The summed E-state index contributed by atoms with van der Waals surface area (Å²) < 4.78 is 12.2. The zero-order valence-corrected chi connectivity index (χ0v) is 16.1. The molecule has 5 heteroatoms. The van der Waals surface area contributed by atoms with E-state index in [9.17, 15) is 4.79 Å². The minimum atomic E-state index is -1.70. The average Bonchev–Trinajstić information content (AvgIpc) is 2.37. The van der Waals surface area contributed by atoms with Gasteiger partial charge in [0.25, 0.3) is 0 Å². The Hall–Kier alpha value is -0.653. The number of ether oxygens (including phenoxy) is 1. The fraction of sp³-hybridized carbons (Fsp3) is 0.562. The second kappa shape index (κ2) is 7.56. The normalized spacial score (nSPS) is 12.3. The van der Waals surface area contributed by atoms with Crippen molar-refractivity contribution in [3.63, 3.8) is 0 Å². The molecule has 0 aromatic heterocycles. The van der Waals surface area contributed by atoms with Gasteiger partial charge in [-0.05, 0) is 42.4 Å². The van der Waals surface area contributed by atoms with Gasteiger partial charge in [0, 0.05) is 17.5 Å². The van der Waals surface area contributed by atoms with E-state index in [1.807, 2.05) is 12.1 Å². The average molecular weight is 373 g/mol. The molecule has 0 aliphatic carbocycles. The fourth-order valence-corrected chi connectivity index (χ4v) is 2.79. The van der Waals surface area contributed by atoms with Crippen LogP contribution in [0.1, 0.15) is 37.6 Å². The quantitative estimate of drug-likeness (QED) is 0.399. The summed E-state index contributed by atoms with van der Waals surface area (Å²) in [5.74, 6) is -0.283. The van der Waals surface area contributed by atoms with Gasteiger partial charge in [-0.3, -0.25) is 0 Å². The molecule has 0 radical (unpaired) electrons. The lowest BCUT2D eigenvalue weighted by molar-refractivity contribution is 0.0484. The lowest BCUT2D eigenvalue weighted by Crippen LogP contribution is -2.41. The highest BCUT2D eigenvalue weighted by atomic mass is 79.9. The van der Waals surface area contributed by atoms with E-state index in [-0.39, 0.29) is 11.0 Å². The number of carbonyl (C=O) groups is 1. The number of esters is 1. The first-order valence-corrected chi connectivity index (χ1v) is 10.9. The molecule has 0 saturated heterocycles. The fourth-order valence-electron chi connectivity index (χ4n) is 1.44. The highest BCUT2D eigenvalue weighted by Crippen LogP contribution is 2.36. The van der Waals surface area contributed by atoms with E-state index in [2.05, 4.69) is 49.8 Å². The van der Waals surface area contributed by atoms with Crippen molar-refractivity contribution in [3.8, 4) is 0 Å². The van der Waals surface area contributed by atoms with Gasteiger partial charge >= 0.3 is 5.97 Å². The Morgan fingerprint density at radius 2 is 1.71 bits per heavy atom. The van der Waals surface area contributed by atoms with Gasteiger partial charge in [-0.15, -0.1) is 0 Å². The summed E-state index contributed by atoms with van der Waals surface area (Å²) in [5.41, 5.74) is 0.573. The molecule has 0 saturated carbocycles. The van der Waals surface area contributed by atoms with Gasteiger partial charge in [0.15, 0.2) is 8.32 Å². The molecule has 0 aliphatic rings. The molecule has 0 fully saturated rings. The second-order valence-corrected chi connectivity index (χ2v) is 12.3. The van der Waals surface area contributed by atoms with Crippen molar-refractivity contribution in [2.24, 2.45) is 0 Å². The zero-order chi connectivity index (χ0) is 16.1. The summed E-state index contributed by atoms with van der Waals surface area (Å²) in [5, 5.41) is 0.209. The molecule has 1 aromatic carbocycles. The van der Waals surface area contributed by atoms with E-state index < -0.39 is 8.32 Å². The largest absolute Gasteiger partial charge is 0.462 e. The predicted molar refractivity (Wildman–Crippen MR) is 92.2 cm³/mol. The van der Waals surface area contributed by atoms with Crippen LogP contribution < -0.4 is 0 Å². The number of hydrogen-bond donors (Lipinski definition) is 0. The number of rotatable bonds is 6. The van der Waals surface area contributed by atoms with E-state index in [0.717, 1.165) is 10.9 Å². The maximum absolute atomic E-state index is 11.8. The van der Waals surface area contributed by atoms with Gasteiger partial charge in [0.1, 0.15) is 0 Å². The molecule has 21 heavy (non-hydrogen) atoms. The Kier molecular flexibility index (Phi) is 6.62. The molecule has 1 rings (SSSR count). The summed E-state index contributed by atoms with van der Waals surface area (Å²) in [6, 6.07) is 7.16. The summed E-state index contributed by atoms with van der Waals surface area (Å²) in [4.78, 5) is 11.8. The molecule has 0 heterocycles. The third-order valence-electron chi connectivity index (χ3n) is 3.87. The number of hydrogen-bond acceptors (Lipinski definition) is 3. The Morgan fingerprint density at radius 1 is 1.14 bits per heavy atom. The van der Waals surface area contributed by atoms with Crippen molar-refractivity contribution in [2.45, 2.75) is 45.3 Å². The van der Waals surface area contributed by atoms with Crippen LogP contribution in [0.4, 0.5) is 0 Å². The minimum Gasteiger partial charge on any atom is -0.462 e. The van der Waals surface area contributed by atoms with Crippen molar-refractivity contribution < 1.29 is 14.0 Å². The van der Waals surface area contributed by atoms with Crippen LogP contribution in [0.15, 0.2) is 28.7 Å². The first kappa shape index (κ1) is 18.4. The maximum atomic E-state index is 11.8. The molecule has 0 aliphatic heterocycles. The summed E-state index contributed by atoms with van der Waals surface area (Å²) in [6.07, 6.45) is 0.731. The maximum Gasteiger partial charge on any atom is 0.338 e. The van der Waals surface area contributed by atoms with Gasteiger partial charge < -0.3 is 9.16 Å². The molecule has 0 atom stereocenters. The van der Waals surface area contributed by atoms with Crippen molar-refractivity contribution in [3.05, 3.63) is 34.3 Å². The van der Waals surface area contributed by atoms with Crippen LogP contribution in [0.3, 0.4) is 0 Å². The molecule has 0 N–H and O–H groups in total. The predicted octanol–water partition coefficient (Wildman–Crippen LogP) is 5.02. The van der Waals surface area contributed by atoms with Crippen LogP contribution in [0.5, 0.6) is 0 Å². The third kappa shape index (κ3) is 5.92. The van der Waals surface area contributed by atoms with Gasteiger partial charge in [-0.1, -0.05) is 36.7 Å². The van der Waals surface area contributed by atoms with Crippen LogP contribution >= 0.6 is 15.9 Å². The van der Waals surface area contributed by atoms with Crippen molar-refractivity contribution in [1.82, 2.24) is 0 Å². The van der Waals surface area contributed by atoms with E-state index in [1.54, 1.807) is 12.1 Å². The van der Waals surface area contributed by atoms with Crippen molar-refractivity contribution >= 4 is 30.2 Å². The van der Waals surface area contributed by atoms with Crippen LogP contribution in [0.2, 0.25) is 18.1 Å². The summed E-state index contributed by atoms with van der Waals surface area (Å²) in [6.45, 7) is 12.1. The number of carbonyl (C=O) groups excluding carboxylic acids is 1. The van der Waals surface area contributed by atoms with Gasteiger partial charge in [-0.2, -0.15) is 0 Å². The Morgan fingerprint density at radius 3 is 2.24 bits per heavy atom. The van der Waals surface area contributed by atoms with Crippen LogP contribution in [0, 0.1) is 0 Å². The lowest BCUT2D eigenvalue weighted by atomic mass is 10.2. The van der Waals surface area contributed by atoms with Gasteiger partial charge in [0.05, 0.1) is 12.2 Å². The van der Waals surface area contributed by atoms with Gasteiger partial charge in [0.2, 0.25) is 0 Å². The van der Waals surface area contributed by atoms with Crippen molar-refractivity contribution in [1.29, 1.82) is 0 Å². The molecule has 0 unspecified atom stereocenters. The topological polar surface area (TPSA) is 35.5 Å². The smallest absolute Gasteiger partial charge is 0.338 e. The van der Waals surface area contributed by atoms with E-state index in [0.29, 0.717) is 18.8 Å². The highest BCUT2D eigenvalue weighted by molar-refractivity contribution is 9.10. The van der Waals surface area contributed by atoms with Crippen LogP contribution in [-0.2, 0) is 9.16 Å². The highest BCUT2D eigenvalue weighted by Gasteiger charge is 2.36. The summed E-state index contributed by atoms with van der Waals surface area (Å²) in [7, 11) is -1.70. The molecular formula is C16H25BrO3Si. The second-order valence-electron chi connectivity index (χ2n) is 6.61. The van der Waals surface area contributed by atoms with Crippen LogP contribution in [-0.4, -0.2) is 27.5 Å². The Labute approximate surface area is 137 Å². The molecule has 0 spiro atoms. The van der Waals surface area contributed by atoms with Gasteiger partial charge in [-0.25, -0.2) is 4.79 Å². The third-order valence-corrected chi connectivity index (χ3v) is 8.94.